The Morgan fingerprint density at radius 2 is 1.94 bits per heavy atom. The van der Waals surface area contributed by atoms with Crippen LogP contribution < -0.4 is 0 Å². The first-order chi connectivity index (χ1) is 7.33. The lowest BCUT2D eigenvalue weighted by atomic mass is 10.1. The SMILES string of the molecule is CC1(C)CC1C(=O)N1CC(O)CC1C(=O)O. The summed E-state index contributed by atoms with van der Waals surface area (Å²) in [4.78, 5) is 24.3. The summed E-state index contributed by atoms with van der Waals surface area (Å²) in [5.41, 5.74) is -0.00627. The van der Waals surface area contributed by atoms with Crippen molar-refractivity contribution in [3.05, 3.63) is 0 Å². The number of aliphatic carboxylic acids is 1. The molecule has 0 aromatic rings. The van der Waals surface area contributed by atoms with E-state index in [0.717, 1.165) is 6.42 Å². The highest BCUT2D eigenvalue weighted by atomic mass is 16.4. The number of aliphatic hydroxyl groups is 1. The van der Waals surface area contributed by atoms with Crippen molar-refractivity contribution in [2.45, 2.75) is 38.8 Å². The van der Waals surface area contributed by atoms with Gasteiger partial charge < -0.3 is 15.1 Å². The van der Waals surface area contributed by atoms with Gasteiger partial charge in [0.2, 0.25) is 5.91 Å². The molecule has 0 spiro atoms. The molecule has 2 fully saturated rings. The van der Waals surface area contributed by atoms with Crippen LogP contribution in [0, 0.1) is 11.3 Å². The molecule has 16 heavy (non-hydrogen) atoms. The fourth-order valence-corrected chi connectivity index (χ4v) is 2.38. The van der Waals surface area contributed by atoms with Crippen molar-refractivity contribution in [1.29, 1.82) is 0 Å². The average molecular weight is 227 g/mol. The molecule has 0 bridgehead atoms. The van der Waals surface area contributed by atoms with Gasteiger partial charge in [0.25, 0.3) is 0 Å². The molecule has 5 heteroatoms. The summed E-state index contributed by atoms with van der Waals surface area (Å²) >= 11 is 0. The first kappa shape index (κ1) is 11.4. The van der Waals surface area contributed by atoms with Crippen LogP contribution in [0.5, 0.6) is 0 Å². The smallest absolute Gasteiger partial charge is 0.326 e. The molecule has 1 saturated carbocycles. The molecule has 1 aliphatic carbocycles. The van der Waals surface area contributed by atoms with Crippen molar-refractivity contribution >= 4 is 11.9 Å². The third kappa shape index (κ3) is 1.80. The summed E-state index contributed by atoms with van der Waals surface area (Å²) in [5, 5.41) is 18.4. The third-order valence-corrected chi connectivity index (χ3v) is 3.66. The predicted octanol–water partition coefficient (Wildman–Crippen LogP) is 0.0789. The van der Waals surface area contributed by atoms with E-state index in [1.807, 2.05) is 13.8 Å². The van der Waals surface area contributed by atoms with Crippen molar-refractivity contribution < 1.29 is 19.8 Å². The maximum atomic E-state index is 12.0. The molecule has 2 N–H and O–H groups in total. The number of likely N-dealkylation sites (tertiary alicyclic amines) is 1. The van der Waals surface area contributed by atoms with E-state index in [0.29, 0.717) is 0 Å². The molecular formula is C11H17NO4. The zero-order valence-corrected chi connectivity index (χ0v) is 9.51. The number of hydrogen-bond donors (Lipinski definition) is 2. The quantitative estimate of drug-likeness (QED) is 0.700. The number of carbonyl (C=O) groups excluding carboxylic acids is 1. The Morgan fingerprint density at radius 3 is 2.38 bits per heavy atom. The third-order valence-electron chi connectivity index (χ3n) is 3.66. The molecule has 3 unspecified atom stereocenters. The van der Waals surface area contributed by atoms with Crippen LogP contribution in [0.4, 0.5) is 0 Å². The highest BCUT2D eigenvalue weighted by Crippen LogP contribution is 2.52. The van der Waals surface area contributed by atoms with Crippen LogP contribution in [0.15, 0.2) is 0 Å². The number of carbonyl (C=O) groups is 2. The highest BCUT2D eigenvalue weighted by molar-refractivity contribution is 5.88. The van der Waals surface area contributed by atoms with Crippen LogP contribution in [-0.4, -0.2) is 45.7 Å². The van der Waals surface area contributed by atoms with Crippen LogP contribution in [0.3, 0.4) is 0 Å². The van der Waals surface area contributed by atoms with E-state index in [1.54, 1.807) is 0 Å². The lowest BCUT2D eigenvalue weighted by Crippen LogP contribution is -2.42. The van der Waals surface area contributed by atoms with E-state index in [9.17, 15) is 14.7 Å². The second-order valence-electron chi connectivity index (χ2n) is 5.48. The minimum absolute atomic E-state index is 0.00627. The second-order valence-corrected chi connectivity index (χ2v) is 5.48. The minimum Gasteiger partial charge on any atom is -0.480 e. The van der Waals surface area contributed by atoms with Crippen molar-refractivity contribution in [2.75, 3.05) is 6.54 Å². The van der Waals surface area contributed by atoms with Gasteiger partial charge in [0.05, 0.1) is 6.10 Å². The van der Waals surface area contributed by atoms with Gasteiger partial charge in [-0.1, -0.05) is 13.8 Å². The summed E-state index contributed by atoms with van der Waals surface area (Å²) in [6.45, 7) is 4.15. The van der Waals surface area contributed by atoms with Crippen molar-refractivity contribution in [3.8, 4) is 0 Å². The molecule has 5 nitrogen and oxygen atoms in total. The molecule has 90 valence electrons. The largest absolute Gasteiger partial charge is 0.480 e. The molecule has 1 heterocycles. The minimum atomic E-state index is -1.02. The normalized spacial score (nSPS) is 36.2. The van der Waals surface area contributed by atoms with Crippen LogP contribution >= 0.6 is 0 Å². The fourth-order valence-electron chi connectivity index (χ4n) is 2.38. The van der Waals surface area contributed by atoms with E-state index in [2.05, 4.69) is 0 Å². The van der Waals surface area contributed by atoms with Crippen LogP contribution in [0.25, 0.3) is 0 Å². The molecule has 2 rings (SSSR count). The molecule has 3 atom stereocenters. The zero-order valence-electron chi connectivity index (χ0n) is 9.51. The maximum Gasteiger partial charge on any atom is 0.326 e. The lowest BCUT2D eigenvalue weighted by molar-refractivity contribution is -0.149. The number of β-amino-alcohol motifs (C(OH)–C–C–N with tert-alkyl or cyclic N) is 1. The Bertz CT molecular complexity index is 339. The van der Waals surface area contributed by atoms with Gasteiger partial charge >= 0.3 is 5.97 Å². The predicted molar refractivity (Wildman–Crippen MR) is 55.6 cm³/mol. The van der Waals surface area contributed by atoms with Gasteiger partial charge in [0.1, 0.15) is 6.04 Å². The molecule has 0 aromatic carbocycles. The van der Waals surface area contributed by atoms with Crippen LogP contribution in [0.2, 0.25) is 0 Å². The number of rotatable bonds is 2. The summed E-state index contributed by atoms with van der Waals surface area (Å²) in [7, 11) is 0. The number of hydrogen-bond acceptors (Lipinski definition) is 3. The molecule has 0 radical (unpaired) electrons. The number of carboxylic acid groups (broad SMARTS) is 1. The second kappa shape index (κ2) is 3.45. The van der Waals surface area contributed by atoms with Gasteiger partial charge in [0, 0.05) is 18.9 Å². The number of aliphatic hydroxyl groups excluding tert-OH is 1. The first-order valence-corrected chi connectivity index (χ1v) is 5.54. The molecule has 1 amide bonds. The summed E-state index contributed by atoms with van der Waals surface area (Å²) in [6, 6.07) is -0.848. The first-order valence-electron chi connectivity index (χ1n) is 5.54. The fraction of sp³-hybridized carbons (Fsp3) is 0.818. The summed E-state index contributed by atoms with van der Waals surface area (Å²) < 4.78 is 0. The van der Waals surface area contributed by atoms with Gasteiger partial charge in [-0.15, -0.1) is 0 Å². The standard InChI is InChI=1S/C11H17NO4/c1-11(2)4-7(11)9(14)12-5-6(13)3-8(12)10(15)16/h6-8,13H,3-5H2,1-2H3,(H,15,16). The molecule has 2 aliphatic rings. The summed E-state index contributed by atoms with van der Waals surface area (Å²) in [6.07, 6.45) is 0.255. The lowest BCUT2D eigenvalue weighted by Gasteiger charge is -2.21. The highest BCUT2D eigenvalue weighted by Gasteiger charge is 2.54. The summed E-state index contributed by atoms with van der Waals surface area (Å²) in [5.74, 6) is -1.21. The van der Waals surface area contributed by atoms with Crippen molar-refractivity contribution in [3.63, 3.8) is 0 Å². The van der Waals surface area contributed by atoms with E-state index < -0.39 is 18.1 Å². The molecular weight excluding hydrogens is 210 g/mol. The Hall–Kier alpha value is -1.10. The van der Waals surface area contributed by atoms with E-state index in [1.165, 1.54) is 4.90 Å². The number of carboxylic acids is 1. The Kier molecular flexibility index (Phi) is 2.45. The van der Waals surface area contributed by atoms with E-state index in [4.69, 9.17) is 5.11 Å². The molecule has 1 aliphatic heterocycles. The number of amides is 1. The van der Waals surface area contributed by atoms with Crippen molar-refractivity contribution in [2.24, 2.45) is 11.3 Å². The Morgan fingerprint density at radius 1 is 1.38 bits per heavy atom. The van der Waals surface area contributed by atoms with Gasteiger partial charge in [-0.05, 0) is 11.8 Å². The van der Waals surface area contributed by atoms with Crippen molar-refractivity contribution in [1.82, 2.24) is 4.90 Å². The van der Waals surface area contributed by atoms with Gasteiger partial charge in [-0.25, -0.2) is 4.79 Å². The van der Waals surface area contributed by atoms with Gasteiger partial charge in [0.15, 0.2) is 0 Å². The monoisotopic (exact) mass is 227 g/mol. The maximum absolute atomic E-state index is 12.0. The topological polar surface area (TPSA) is 77.8 Å². The number of nitrogens with zero attached hydrogens (tertiary/aromatic N) is 1. The van der Waals surface area contributed by atoms with E-state index in [-0.39, 0.29) is 30.2 Å². The average Bonchev–Trinajstić information content (AvgIpc) is 2.62. The van der Waals surface area contributed by atoms with Crippen LogP contribution in [-0.2, 0) is 9.59 Å². The zero-order chi connectivity index (χ0) is 12.1. The Labute approximate surface area is 94.0 Å². The molecule has 1 saturated heterocycles. The van der Waals surface area contributed by atoms with Crippen LogP contribution in [0.1, 0.15) is 26.7 Å². The van der Waals surface area contributed by atoms with E-state index >= 15 is 0 Å². The Balaban J connectivity index is 2.08. The van der Waals surface area contributed by atoms with Gasteiger partial charge in [-0.2, -0.15) is 0 Å². The van der Waals surface area contributed by atoms with Gasteiger partial charge in [-0.3, -0.25) is 4.79 Å². The molecule has 0 aromatic heterocycles.